The van der Waals surface area contributed by atoms with Crippen LogP contribution in [0.1, 0.15) is 15.9 Å². The quantitative estimate of drug-likeness (QED) is 0.392. The van der Waals surface area contributed by atoms with Crippen LogP contribution >= 0.6 is 0 Å². The summed E-state index contributed by atoms with van der Waals surface area (Å²) in [6.07, 6.45) is 2.94. The Labute approximate surface area is 122 Å². The van der Waals surface area contributed by atoms with E-state index in [0.717, 1.165) is 5.56 Å². The molecule has 0 aliphatic heterocycles. The normalized spacial score (nSPS) is 10.5. The summed E-state index contributed by atoms with van der Waals surface area (Å²) in [4.78, 5) is 21.9. The summed E-state index contributed by atoms with van der Waals surface area (Å²) in [5.74, 6) is -0.107. The van der Waals surface area contributed by atoms with Crippen LogP contribution in [0.3, 0.4) is 0 Å². The number of rotatable bonds is 5. The summed E-state index contributed by atoms with van der Waals surface area (Å²) in [6, 6.07) is 13.3. The molecule has 0 amide bonds. The van der Waals surface area contributed by atoms with Gasteiger partial charge in [-0.15, -0.1) is 0 Å². The third kappa shape index (κ3) is 4.01. The molecule has 106 valence electrons. The molecular formula is C16H14N2O3. The molecule has 0 saturated heterocycles. The molecule has 2 aromatic rings. The summed E-state index contributed by atoms with van der Waals surface area (Å²) in [7, 11) is 0. The van der Waals surface area contributed by atoms with Gasteiger partial charge in [0.15, 0.2) is 5.78 Å². The van der Waals surface area contributed by atoms with E-state index in [4.69, 9.17) is 0 Å². The van der Waals surface area contributed by atoms with Gasteiger partial charge in [0.1, 0.15) is 0 Å². The Morgan fingerprint density at radius 2 is 1.71 bits per heavy atom. The molecule has 0 bridgehead atoms. The highest BCUT2D eigenvalue weighted by Gasteiger charge is 2.03. The minimum atomic E-state index is -0.458. The molecule has 0 radical (unpaired) electrons. The van der Waals surface area contributed by atoms with E-state index in [-0.39, 0.29) is 11.5 Å². The number of nitro benzene ring substituents is 1. The maximum Gasteiger partial charge on any atom is 0.269 e. The minimum Gasteiger partial charge on any atom is -0.362 e. The SMILES string of the molecule is Cc1ccc(C(=O)/C=C/Nc2ccc([N+](=O)[O-])cc2)cc1. The summed E-state index contributed by atoms with van der Waals surface area (Å²) in [5.41, 5.74) is 2.41. The highest BCUT2D eigenvalue weighted by Crippen LogP contribution is 2.15. The fourth-order valence-corrected chi connectivity index (χ4v) is 1.71. The van der Waals surface area contributed by atoms with Crippen molar-refractivity contribution in [1.29, 1.82) is 0 Å². The van der Waals surface area contributed by atoms with Gasteiger partial charge in [0.25, 0.3) is 5.69 Å². The molecule has 2 rings (SSSR count). The Balaban J connectivity index is 1.97. The van der Waals surface area contributed by atoms with E-state index in [1.807, 2.05) is 19.1 Å². The largest absolute Gasteiger partial charge is 0.362 e. The number of aryl methyl sites for hydroxylation is 1. The monoisotopic (exact) mass is 282 g/mol. The molecule has 0 fully saturated rings. The maximum atomic E-state index is 11.9. The first kappa shape index (κ1) is 14.5. The molecule has 2 aromatic carbocycles. The Kier molecular flexibility index (Phi) is 4.46. The van der Waals surface area contributed by atoms with Gasteiger partial charge >= 0.3 is 0 Å². The topological polar surface area (TPSA) is 72.2 Å². The van der Waals surface area contributed by atoms with Gasteiger partial charge in [0.05, 0.1) is 4.92 Å². The molecular weight excluding hydrogens is 268 g/mol. The summed E-state index contributed by atoms with van der Waals surface area (Å²) in [5, 5.41) is 13.4. The van der Waals surface area contributed by atoms with Crippen molar-refractivity contribution in [2.75, 3.05) is 5.32 Å². The molecule has 1 N–H and O–H groups in total. The van der Waals surface area contributed by atoms with Crippen molar-refractivity contribution in [1.82, 2.24) is 0 Å². The van der Waals surface area contributed by atoms with Crippen molar-refractivity contribution >= 4 is 17.2 Å². The fraction of sp³-hybridized carbons (Fsp3) is 0.0625. The molecule has 0 saturated carbocycles. The number of carbonyl (C=O) groups excluding carboxylic acids is 1. The molecule has 0 aromatic heterocycles. The van der Waals surface area contributed by atoms with Crippen LogP contribution in [-0.4, -0.2) is 10.7 Å². The zero-order valence-corrected chi connectivity index (χ0v) is 11.4. The number of nitrogens with zero attached hydrogens (tertiary/aromatic N) is 1. The van der Waals surface area contributed by atoms with E-state index in [2.05, 4.69) is 5.32 Å². The Bertz CT molecular complexity index is 674. The predicted molar refractivity (Wildman–Crippen MR) is 81.4 cm³/mol. The number of allylic oxidation sites excluding steroid dienone is 1. The number of hydrogen-bond acceptors (Lipinski definition) is 4. The number of ketones is 1. The smallest absolute Gasteiger partial charge is 0.269 e. The van der Waals surface area contributed by atoms with Crippen LogP contribution in [0, 0.1) is 17.0 Å². The lowest BCUT2D eigenvalue weighted by Crippen LogP contribution is -1.96. The van der Waals surface area contributed by atoms with Crippen molar-refractivity contribution in [2.24, 2.45) is 0 Å². The van der Waals surface area contributed by atoms with Crippen molar-refractivity contribution in [3.05, 3.63) is 82.0 Å². The maximum absolute atomic E-state index is 11.9. The lowest BCUT2D eigenvalue weighted by molar-refractivity contribution is -0.384. The Morgan fingerprint density at radius 1 is 1.10 bits per heavy atom. The molecule has 0 heterocycles. The number of non-ortho nitro benzene ring substituents is 1. The first-order valence-electron chi connectivity index (χ1n) is 6.35. The third-order valence-corrected chi connectivity index (χ3v) is 2.90. The first-order valence-corrected chi connectivity index (χ1v) is 6.35. The van der Waals surface area contributed by atoms with E-state index in [1.54, 1.807) is 24.3 Å². The predicted octanol–water partition coefficient (Wildman–Crippen LogP) is 3.71. The van der Waals surface area contributed by atoms with Crippen LogP contribution in [0.2, 0.25) is 0 Å². The standard InChI is InChI=1S/C16H14N2O3/c1-12-2-4-13(5-3-12)16(19)10-11-17-14-6-8-15(9-7-14)18(20)21/h2-11,17H,1H3/b11-10+. The number of hydrogen-bond donors (Lipinski definition) is 1. The molecule has 0 spiro atoms. The third-order valence-electron chi connectivity index (χ3n) is 2.90. The van der Waals surface area contributed by atoms with Crippen molar-refractivity contribution < 1.29 is 9.72 Å². The van der Waals surface area contributed by atoms with Gasteiger partial charge < -0.3 is 5.32 Å². The second-order valence-electron chi connectivity index (χ2n) is 4.51. The summed E-state index contributed by atoms with van der Waals surface area (Å²) >= 11 is 0. The summed E-state index contributed by atoms with van der Waals surface area (Å²) < 4.78 is 0. The van der Waals surface area contributed by atoms with Gasteiger partial charge in [-0.25, -0.2) is 0 Å². The number of carbonyl (C=O) groups is 1. The minimum absolute atomic E-state index is 0.0280. The van der Waals surface area contributed by atoms with Gasteiger partial charge in [0, 0.05) is 35.7 Å². The Hall–Kier alpha value is -2.95. The van der Waals surface area contributed by atoms with E-state index < -0.39 is 4.92 Å². The van der Waals surface area contributed by atoms with Crippen LogP contribution < -0.4 is 5.32 Å². The lowest BCUT2D eigenvalue weighted by Gasteiger charge is -2.00. The van der Waals surface area contributed by atoms with Gasteiger partial charge in [-0.05, 0) is 19.1 Å². The van der Waals surface area contributed by atoms with Gasteiger partial charge in [-0.3, -0.25) is 14.9 Å². The van der Waals surface area contributed by atoms with E-state index in [9.17, 15) is 14.9 Å². The molecule has 0 atom stereocenters. The van der Waals surface area contributed by atoms with Crippen LogP contribution in [0.15, 0.2) is 60.8 Å². The molecule has 5 nitrogen and oxygen atoms in total. The molecule has 0 unspecified atom stereocenters. The highest BCUT2D eigenvalue weighted by molar-refractivity contribution is 6.04. The van der Waals surface area contributed by atoms with E-state index >= 15 is 0 Å². The second kappa shape index (κ2) is 6.47. The van der Waals surface area contributed by atoms with Crippen molar-refractivity contribution in [3.8, 4) is 0 Å². The van der Waals surface area contributed by atoms with Crippen LogP contribution in [-0.2, 0) is 0 Å². The molecule has 21 heavy (non-hydrogen) atoms. The number of nitrogens with one attached hydrogen (secondary N) is 1. The zero-order valence-electron chi connectivity index (χ0n) is 11.4. The summed E-state index contributed by atoms with van der Waals surface area (Å²) in [6.45, 7) is 1.96. The van der Waals surface area contributed by atoms with Crippen molar-refractivity contribution in [2.45, 2.75) is 6.92 Å². The number of anilines is 1. The zero-order chi connectivity index (χ0) is 15.2. The second-order valence-corrected chi connectivity index (χ2v) is 4.51. The fourth-order valence-electron chi connectivity index (χ4n) is 1.71. The molecule has 0 aliphatic carbocycles. The van der Waals surface area contributed by atoms with Gasteiger partial charge in [0.2, 0.25) is 0 Å². The van der Waals surface area contributed by atoms with E-state index in [1.165, 1.54) is 24.4 Å². The van der Waals surface area contributed by atoms with Crippen LogP contribution in [0.25, 0.3) is 0 Å². The average molecular weight is 282 g/mol. The first-order chi connectivity index (χ1) is 10.1. The van der Waals surface area contributed by atoms with Crippen LogP contribution in [0.4, 0.5) is 11.4 Å². The van der Waals surface area contributed by atoms with Gasteiger partial charge in [-0.1, -0.05) is 29.8 Å². The highest BCUT2D eigenvalue weighted by atomic mass is 16.6. The van der Waals surface area contributed by atoms with Gasteiger partial charge in [-0.2, -0.15) is 0 Å². The van der Waals surface area contributed by atoms with E-state index in [0.29, 0.717) is 11.3 Å². The Morgan fingerprint density at radius 3 is 2.29 bits per heavy atom. The average Bonchev–Trinajstić information content (AvgIpc) is 2.48. The molecule has 0 aliphatic rings. The molecule has 5 heteroatoms. The number of benzene rings is 2. The number of nitro groups is 1. The van der Waals surface area contributed by atoms with Crippen LogP contribution in [0.5, 0.6) is 0 Å². The lowest BCUT2D eigenvalue weighted by atomic mass is 10.1. The van der Waals surface area contributed by atoms with Crippen molar-refractivity contribution in [3.63, 3.8) is 0 Å².